The van der Waals surface area contributed by atoms with Crippen LogP contribution in [0, 0.1) is 0 Å². The van der Waals surface area contributed by atoms with Crippen LogP contribution in [0.3, 0.4) is 0 Å². The fourth-order valence-corrected chi connectivity index (χ4v) is 6.00. The monoisotopic (exact) mass is 578 g/mol. The second-order valence-electron chi connectivity index (χ2n) is 9.35. The average molecular weight is 579 g/mol. The summed E-state index contributed by atoms with van der Waals surface area (Å²) in [5.74, 6) is 2.99. The van der Waals surface area contributed by atoms with E-state index in [9.17, 15) is 4.79 Å². The van der Waals surface area contributed by atoms with E-state index in [-0.39, 0.29) is 18.5 Å². The quantitative estimate of drug-likeness (QED) is 0.371. The number of ether oxygens (including phenoxy) is 5. The summed E-state index contributed by atoms with van der Waals surface area (Å²) < 4.78 is 28.7. The van der Waals surface area contributed by atoms with Crippen molar-refractivity contribution in [3.05, 3.63) is 75.4 Å². The first-order valence-corrected chi connectivity index (χ1v) is 13.1. The van der Waals surface area contributed by atoms with E-state index in [1.165, 1.54) is 0 Å². The van der Waals surface area contributed by atoms with E-state index in [4.69, 9.17) is 23.7 Å². The zero-order valence-electron chi connectivity index (χ0n) is 21.2. The van der Waals surface area contributed by atoms with Crippen molar-refractivity contribution in [2.24, 2.45) is 0 Å². The number of rotatable bonds is 5. The van der Waals surface area contributed by atoms with Gasteiger partial charge in [-0.05, 0) is 59.9 Å². The summed E-state index contributed by atoms with van der Waals surface area (Å²) >= 11 is 3.71. The van der Waals surface area contributed by atoms with Gasteiger partial charge in [0.2, 0.25) is 12.5 Å². The van der Waals surface area contributed by atoms with E-state index < -0.39 is 6.04 Å². The molecule has 0 spiro atoms. The zero-order valence-corrected chi connectivity index (χ0v) is 22.8. The maximum absolute atomic E-state index is 14.0. The number of Topliss-reactive ketones (excluding diaryl/α,β-unsaturated/α-hetero) is 1. The van der Waals surface area contributed by atoms with Crippen LogP contribution in [0.1, 0.15) is 35.9 Å². The fourth-order valence-electron chi connectivity index (χ4n) is 5.45. The van der Waals surface area contributed by atoms with Crippen LogP contribution in [0.25, 0.3) is 0 Å². The van der Waals surface area contributed by atoms with Gasteiger partial charge in [-0.2, -0.15) is 0 Å². The molecular formula is C29H27BrN2O6. The predicted molar refractivity (Wildman–Crippen MR) is 147 cm³/mol. The van der Waals surface area contributed by atoms with Gasteiger partial charge in [0, 0.05) is 22.2 Å². The first kappa shape index (κ1) is 24.5. The van der Waals surface area contributed by atoms with Crippen LogP contribution in [-0.4, -0.2) is 33.9 Å². The van der Waals surface area contributed by atoms with Crippen LogP contribution in [0.4, 0.5) is 11.4 Å². The molecule has 0 radical (unpaired) electrons. The number of anilines is 2. The van der Waals surface area contributed by atoms with E-state index in [1.54, 1.807) is 21.3 Å². The topological polar surface area (TPSA) is 87.3 Å². The van der Waals surface area contributed by atoms with Crippen molar-refractivity contribution >= 4 is 33.1 Å². The van der Waals surface area contributed by atoms with E-state index in [0.717, 1.165) is 32.7 Å². The third kappa shape index (κ3) is 4.11. The largest absolute Gasteiger partial charge is 0.493 e. The van der Waals surface area contributed by atoms with Crippen molar-refractivity contribution < 1.29 is 28.5 Å². The number of fused-ring (bicyclic) bond motifs is 2. The van der Waals surface area contributed by atoms with Crippen molar-refractivity contribution in [3.8, 4) is 28.7 Å². The molecule has 2 atom stereocenters. The molecule has 0 unspecified atom stereocenters. The highest BCUT2D eigenvalue weighted by atomic mass is 79.9. The van der Waals surface area contributed by atoms with Crippen LogP contribution in [-0.2, 0) is 4.79 Å². The molecule has 196 valence electrons. The smallest absolute Gasteiger partial charge is 0.231 e. The summed E-state index contributed by atoms with van der Waals surface area (Å²) in [4.78, 5) is 14.0. The van der Waals surface area contributed by atoms with Crippen molar-refractivity contribution in [1.29, 1.82) is 0 Å². The summed E-state index contributed by atoms with van der Waals surface area (Å²) in [6.07, 6.45) is 0.976. The molecule has 0 saturated heterocycles. The lowest BCUT2D eigenvalue weighted by molar-refractivity contribution is -0.116. The Morgan fingerprint density at radius 1 is 0.895 bits per heavy atom. The Morgan fingerprint density at radius 2 is 1.58 bits per heavy atom. The second kappa shape index (κ2) is 9.79. The van der Waals surface area contributed by atoms with Gasteiger partial charge >= 0.3 is 0 Å². The number of hydrogen-bond donors (Lipinski definition) is 2. The molecule has 1 aliphatic carbocycles. The molecule has 2 aliphatic heterocycles. The SMILES string of the molecule is COc1cc([C@@H]2CC(=O)C3=C(C2)Nc2ccccc2N[C@@H]3c2cc3c(cc2Br)OCO3)cc(OC)c1OC. The van der Waals surface area contributed by atoms with Crippen molar-refractivity contribution in [2.75, 3.05) is 38.8 Å². The minimum atomic E-state index is -0.390. The summed E-state index contributed by atoms with van der Waals surface area (Å²) in [6, 6.07) is 15.3. The van der Waals surface area contributed by atoms with Crippen LogP contribution < -0.4 is 34.3 Å². The molecular weight excluding hydrogens is 552 g/mol. The van der Waals surface area contributed by atoms with E-state index >= 15 is 0 Å². The standard InChI is InChI=1S/C29H27BrN2O6/c1-34-25-10-16(11-26(35-2)29(25)36-3)15-8-21-27(22(33)9-15)28(32-20-7-5-4-6-19(20)31-21)17-12-23-24(13-18(17)30)38-14-37-23/h4-7,10-13,15,28,31-32H,8-9,14H2,1-3H3/t15-,28+/m0/s1. The highest BCUT2D eigenvalue weighted by Crippen LogP contribution is 2.49. The van der Waals surface area contributed by atoms with Gasteiger partial charge in [-0.1, -0.05) is 28.1 Å². The maximum atomic E-state index is 14.0. The molecule has 3 aromatic rings. The number of halogens is 1. The highest BCUT2D eigenvalue weighted by molar-refractivity contribution is 9.10. The first-order valence-electron chi connectivity index (χ1n) is 12.3. The number of methoxy groups -OCH3 is 3. The third-order valence-electron chi connectivity index (χ3n) is 7.27. The molecule has 6 rings (SSSR count). The molecule has 3 aromatic carbocycles. The number of para-hydroxylation sites is 2. The average Bonchev–Trinajstić information content (AvgIpc) is 3.31. The molecule has 0 bridgehead atoms. The Kier molecular flexibility index (Phi) is 6.31. The number of allylic oxidation sites excluding steroid dienone is 1. The van der Waals surface area contributed by atoms with Crippen LogP contribution in [0.5, 0.6) is 28.7 Å². The second-order valence-corrected chi connectivity index (χ2v) is 10.2. The predicted octanol–water partition coefficient (Wildman–Crippen LogP) is 6.18. The van der Waals surface area contributed by atoms with Gasteiger partial charge < -0.3 is 34.3 Å². The first-order chi connectivity index (χ1) is 18.5. The summed E-state index contributed by atoms with van der Waals surface area (Å²) in [5, 5.41) is 7.20. The number of ketones is 1. The lowest BCUT2D eigenvalue weighted by Crippen LogP contribution is -2.27. The molecule has 9 heteroatoms. The third-order valence-corrected chi connectivity index (χ3v) is 7.96. The van der Waals surface area contributed by atoms with Gasteiger partial charge in [0.05, 0.1) is 38.7 Å². The van der Waals surface area contributed by atoms with E-state index in [1.807, 2.05) is 48.5 Å². The Labute approximate surface area is 229 Å². The zero-order chi connectivity index (χ0) is 26.4. The normalized spacial score (nSPS) is 19.5. The van der Waals surface area contributed by atoms with Crippen LogP contribution in [0.15, 0.2) is 64.3 Å². The van der Waals surface area contributed by atoms with E-state index in [2.05, 4.69) is 26.6 Å². The molecule has 8 nitrogen and oxygen atoms in total. The van der Waals surface area contributed by atoms with Crippen LogP contribution >= 0.6 is 15.9 Å². The molecule has 3 aliphatic rings. The molecule has 0 saturated carbocycles. The Bertz CT molecular complexity index is 1440. The fraction of sp³-hybridized carbons (Fsp3) is 0.276. The van der Waals surface area contributed by atoms with Gasteiger partial charge in [0.1, 0.15) is 0 Å². The number of hydrogen-bond acceptors (Lipinski definition) is 8. The molecule has 2 heterocycles. The Balaban J connectivity index is 1.46. The lowest BCUT2D eigenvalue weighted by atomic mass is 9.78. The van der Waals surface area contributed by atoms with Crippen molar-refractivity contribution in [2.45, 2.75) is 24.8 Å². The molecule has 0 amide bonds. The van der Waals surface area contributed by atoms with Crippen molar-refractivity contribution in [1.82, 2.24) is 0 Å². The molecule has 0 fully saturated rings. The summed E-state index contributed by atoms with van der Waals surface area (Å²) in [6.45, 7) is 0.178. The minimum Gasteiger partial charge on any atom is -0.493 e. The Morgan fingerprint density at radius 3 is 2.26 bits per heavy atom. The summed E-state index contributed by atoms with van der Waals surface area (Å²) in [5.41, 5.74) is 5.27. The van der Waals surface area contributed by atoms with Gasteiger partial charge in [-0.25, -0.2) is 0 Å². The lowest BCUT2D eigenvalue weighted by Gasteiger charge is -2.30. The maximum Gasteiger partial charge on any atom is 0.231 e. The highest BCUT2D eigenvalue weighted by Gasteiger charge is 2.38. The molecule has 0 aromatic heterocycles. The van der Waals surface area contributed by atoms with Gasteiger partial charge in [0.15, 0.2) is 28.8 Å². The number of carbonyl (C=O) groups excluding carboxylic acids is 1. The summed E-state index contributed by atoms with van der Waals surface area (Å²) in [7, 11) is 4.77. The molecule has 38 heavy (non-hydrogen) atoms. The number of carbonyl (C=O) groups is 1. The van der Waals surface area contributed by atoms with Gasteiger partial charge in [0.25, 0.3) is 0 Å². The van der Waals surface area contributed by atoms with Crippen molar-refractivity contribution in [3.63, 3.8) is 0 Å². The van der Waals surface area contributed by atoms with E-state index in [0.29, 0.717) is 47.2 Å². The van der Waals surface area contributed by atoms with Crippen LogP contribution in [0.2, 0.25) is 0 Å². The van der Waals surface area contributed by atoms with Gasteiger partial charge in [-0.3, -0.25) is 4.79 Å². The molecule has 2 N–H and O–H groups in total. The number of benzene rings is 3. The van der Waals surface area contributed by atoms with Gasteiger partial charge in [-0.15, -0.1) is 0 Å². The Hall–Kier alpha value is -3.85. The minimum absolute atomic E-state index is 0.0624. The number of nitrogens with one attached hydrogen (secondary N) is 2.